The van der Waals surface area contributed by atoms with Crippen LogP contribution < -0.4 is 11.1 Å². The zero-order valence-electron chi connectivity index (χ0n) is 10.7. The fourth-order valence-corrected chi connectivity index (χ4v) is 1.71. The predicted octanol–water partition coefficient (Wildman–Crippen LogP) is 1.69. The molecule has 0 atom stereocenters. The molecular formula is C13H19FN2O2. The van der Waals surface area contributed by atoms with Crippen molar-refractivity contribution in [3.63, 3.8) is 0 Å². The Balaban J connectivity index is 2.97. The predicted molar refractivity (Wildman–Crippen MR) is 68.7 cm³/mol. The molecule has 18 heavy (non-hydrogen) atoms. The van der Waals surface area contributed by atoms with Gasteiger partial charge in [-0.05, 0) is 31.0 Å². The topological polar surface area (TPSA) is 75.3 Å². The van der Waals surface area contributed by atoms with Gasteiger partial charge in [0.25, 0.3) is 5.91 Å². The van der Waals surface area contributed by atoms with Crippen molar-refractivity contribution < 1.29 is 14.3 Å². The number of hydrogen-bond donors (Lipinski definition) is 3. The maximum atomic E-state index is 13.5. The van der Waals surface area contributed by atoms with Gasteiger partial charge in [-0.3, -0.25) is 4.79 Å². The average molecular weight is 254 g/mol. The molecule has 1 aromatic rings. The van der Waals surface area contributed by atoms with Crippen LogP contribution >= 0.6 is 0 Å². The number of nitrogen functional groups attached to an aromatic ring is 1. The van der Waals surface area contributed by atoms with Crippen LogP contribution in [0.3, 0.4) is 0 Å². The van der Waals surface area contributed by atoms with Crippen molar-refractivity contribution in [2.45, 2.75) is 32.2 Å². The van der Waals surface area contributed by atoms with Crippen LogP contribution in [0, 0.1) is 5.82 Å². The molecule has 0 aromatic heterocycles. The van der Waals surface area contributed by atoms with E-state index in [1.54, 1.807) is 0 Å². The highest BCUT2D eigenvalue weighted by Crippen LogP contribution is 2.17. The summed E-state index contributed by atoms with van der Waals surface area (Å²) in [6.07, 6.45) is 1.13. The molecule has 0 spiro atoms. The van der Waals surface area contributed by atoms with Crippen molar-refractivity contribution in [3.05, 3.63) is 29.6 Å². The standard InChI is InChI=1S/C13H19FN2O2/c1-3-13(4-2,8-17)16-12(18)10-7-9(15)5-6-11(10)14/h5-7,17H,3-4,8,15H2,1-2H3,(H,16,18). The average Bonchev–Trinajstić information content (AvgIpc) is 2.38. The third-order valence-corrected chi connectivity index (χ3v) is 3.27. The first-order chi connectivity index (χ1) is 8.48. The zero-order valence-corrected chi connectivity index (χ0v) is 10.7. The van der Waals surface area contributed by atoms with Crippen LogP contribution in [0.2, 0.25) is 0 Å². The maximum absolute atomic E-state index is 13.5. The van der Waals surface area contributed by atoms with Crippen LogP contribution in [-0.4, -0.2) is 23.2 Å². The Morgan fingerprint density at radius 3 is 2.56 bits per heavy atom. The van der Waals surface area contributed by atoms with E-state index in [-0.39, 0.29) is 12.2 Å². The van der Waals surface area contributed by atoms with Gasteiger partial charge in [0.2, 0.25) is 0 Å². The molecule has 0 bridgehead atoms. The van der Waals surface area contributed by atoms with Crippen molar-refractivity contribution in [1.82, 2.24) is 5.32 Å². The number of hydrogen-bond acceptors (Lipinski definition) is 3. The maximum Gasteiger partial charge on any atom is 0.254 e. The molecule has 0 saturated carbocycles. The Labute approximate surface area is 106 Å². The van der Waals surface area contributed by atoms with E-state index < -0.39 is 17.3 Å². The van der Waals surface area contributed by atoms with Crippen LogP contribution in [0.25, 0.3) is 0 Å². The molecule has 1 rings (SSSR count). The summed E-state index contributed by atoms with van der Waals surface area (Å²) in [7, 11) is 0. The summed E-state index contributed by atoms with van der Waals surface area (Å²) < 4.78 is 13.5. The fourth-order valence-electron chi connectivity index (χ4n) is 1.71. The molecule has 0 aliphatic carbocycles. The molecule has 0 unspecified atom stereocenters. The van der Waals surface area contributed by atoms with E-state index in [4.69, 9.17) is 5.73 Å². The summed E-state index contributed by atoms with van der Waals surface area (Å²) in [5, 5.41) is 12.0. The first-order valence-corrected chi connectivity index (χ1v) is 5.96. The van der Waals surface area contributed by atoms with Crippen molar-refractivity contribution in [2.24, 2.45) is 0 Å². The van der Waals surface area contributed by atoms with Gasteiger partial charge in [0.15, 0.2) is 0 Å². The van der Waals surface area contributed by atoms with E-state index in [9.17, 15) is 14.3 Å². The first kappa shape index (κ1) is 14.4. The number of carbonyl (C=O) groups excluding carboxylic acids is 1. The summed E-state index contributed by atoms with van der Waals surface area (Å²) in [5.74, 6) is -1.18. The molecule has 0 aliphatic heterocycles. The van der Waals surface area contributed by atoms with E-state index in [0.29, 0.717) is 18.5 Å². The summed E-state index contributed by atoms with van der Waals surface area (Å²) in [6, 6.07) is 3.84. The number of aliphatic hydroxyl groups excluding tert-OH is 1. The van der Waals surface area contributed by atoms with Gasteiger partial charge in [-0.1, -0.05) is 13.8 Å². The third kappa shape index (κ3) is 2.98. The second kappa shape index (κ2) is 5.82. The van der Waals surface area contributed by atoms with E-state index in [1.807, 2.05) is 13.8 Å². The number of nitrogens with one attached hydrogen (secondary N) is 1. The molecule has 1 aromatic carbocycles. The smallest absolute Gasteiger partial charge is 0.254 e. The van der Waals surface area contributed by atoms with E-state index >= 15 is 0 Å². The number of carbonyl (C=O) groups is 1. The molecular weight excluding hydrogens is 235 g/mol. The van der Waals surface area contributed by atoms with E-state index in [1.165, 1.54) is 12.1 Å². The van der Waals surface area contributed by atoms with Crippen LogP contribution in [0.1, 0.15) is 37.0 Å². The van der Waals surface area contributed by atoms with Crippen LogP contribution in [0.5, 0.6) is 0 Å². The minimum atomic E-state index is -0.714. The van der Waals surface area contributed by atoms with Crippen molar-refractivity contribution in [2.75, 3.05) is 12.3 Å². The Bertz CT molecular complexity index is 423. The summed E-state index contributed by atoms with van der Waals surface area (Å²) in [6.45, 7) is 3.53. The normalized spacial score (nSPS) is 11.3. The van der Waals surface area contributed by atoms with Crippen molar-refractivity contribution in [1.29, 1.82) is 0 Å². The van der Waals surface area contributed by atoms with Gasteiger partial charge in [0.05, 0.1) is 17.7 Å². The molecule has 0 aliphatic rings. The Kier molecular flexibility index (Phi) is 4.67. The second-order valence-corrected chi connectivity index (χ2v) is 4.34. The highest BCUT2D eigenvalue weighted by Gasteiger charge is 2.28. The second-order valence-electron chi connectivity index (χ2n) is 4.34. The lowest BCUT2D eigenvalue weighted by Gasteiger charge is -2.30. The van der Waals surface area contributed by atoms with Gasteiger partial charge in [-0.15, -0.1) is 0 Å². The van der Waals surface area contributed by atoms with Gasteiger partial charge in [0.1, 0.15) is 5.82 Å². The summed E-state index contributed by atoms with van der Waals surface area (Å²) >= 11 is 0. The van der Waals surface area contributed by atoms with Gasteiger partial charge in [-0.2, -0.15) is 0 Å². The SMILES string of the molecule is CCC(CC)(CO)NC(=O)c1cc(N)ccc1F. The molecule has 0 heterocycles. The van der Waals surface area contributed by atoms with Crippen LogP contribution in [0.15, 0.2) is 18.2 Å². The van der Waals surface area contributed by atoms with Gasteiger partial charge < -0.3 is 16.2 Å². The largest absolute Gasteiger partial charge is 0.399 e. The quantitative estimate of drug-likeness (QED) is 0.700. The van der Waals surface area contributed by atoms with Crippen LogP contribution in [-0.2, 0) is 0 Å². The Hall–Kier alpha value is -1.62. The van der Waals surface area contributed by atoms with E-state index in [0.717, 1.165) is 6.07 Å². The van der Waals surface area contributed by atoms with Crippen molar-refractivity contribution in [3.8, 4) is 0 Å². The van der Waals surface area contributed by atoms with Crippen molar-refractivity contribution >= 4 is 11.6 Å². The highest BCUT2D eigenvalue weighted by molar-refractivity contribution is 5.95. The molecule has 1 amide bonds. The minimum absolute atomic E-state index is 0.102. The van der Waals surface area contributed by atoms with Gasteiger partial charge >= 0.3 is 0 Å². The molecule has 0 radical (unpaired) electrons. The number of anilines is 1. The Morgan fingerprint density at radius 2 is 2.06 bits per heavy atom. The lowest BCUT2D eigenvalue weighted by molar-refractivity contribution is 0.0814. The molecule has 100 valence electrons. The number of amides is 1. The molecule has 0 fully saturated rings. The molecule has 5 heteroatoms. The third-order valence-electron chi connectivity index (χ3n) is 3.27. The fraction of sp³-hybridized carbons (Fsp3) is 0.462. The first-order valence-electron chi connectivity index (χ1n) is 5.96. The summed E-state index contributed by atoms with van der Waals surface area (Å²) in [4.78, 5) is 12.0. The number of aliphatic hydroxyl groups is 1. The van der Waals surface area contributed by atoms with E-state index in [2.05, 4.69) is 5.32 Å². The number of benzene rings is 1. The highest BCUT2D eigenvalue weighted by atomic mass is 19.1. The molecule has 4 nitrogen and oxygen atoms in total. The zero-order chi connectivity index (χ0) is 13.8. The minimum Gasteiger partial charge on any atom is -0.399 e. The monoisotopic (exact) mass is 254 g/mol. The number of halogens is 1. The van der Waals surface area contributed by atoms with Gasteiger partial charge in [0, 0.05) is 5.69 Å². The van der Waals surface area contributed by atoms with Gasteiger partial charge in [-0.25, -0.2) is 4.39 Å². The van der Waals surface area contributed by atoms with Crippen LogP contribution in [0.4, 0.5) is 10.1 Å². The molecule has 4 N–H and O–H groups in total. The lowest BCUT2D eigenvalue weighted by atomic mass is 9.93. The Morgan fingerprint density at radius 1 is 1.44 bits per heavy atom. The molecule has 0 saturated heterocycles. The lowest BCUT2D eigenvalue weighted by Crippen LogP contribution is -2.50. The summed E-state index contributed by atoms with van der Waals surface area (Å²) in [5.41, 5.74) is 5.04. The number of nitrogens with two attached hydrogens (primary N) is 1. The number of rotatable bonds is 5.